The van der Waals surface area contributed by atoms with Crippen LogP contribution >= 0.6 is 11.8 Å². The maximum absolute atomic E-state index is 12.7. The average Bonchev–Trinajstić information content (AvgIpc) is 2.95. The number of rotatable bonds is 6. The number of ether oxygens (including phenoxy) is 1. The second-order valence-electron chi connectivity index (χ2n) is 6.82. The Morgan fingerprint density at radius 3 is 2.59 bits per heavy atom. The summed E-state index contributed by atoms with van der Waals surface area (Å²) in [6, 6.07) is 11.6. The van der Waals surface area contributed by atoms with Crippen molar-refractivity contribution in [3.8, 4) is 5.75 Å². The van der Waals surface area contributed by atoms with Crippen LogP contribution in [0.5, 0.6) is 5.75 Å². The van der Waals surface area contributed by atoms with Gasteiger partial charge in [-0.25, -0.2) is 4.99 Å². The van der Waals surface area contributed by atoms with E-state index in [9.17, 15) is 9.90 Å². The summed E-state index contributed by atoms with van der Waals surface area (Å²) >= 11 is 1.34. The minimum Gasteiger partial charge on any atom is -0.507 e. The number of phenolic OH excluding ortho intramolecular Hbond substituents is 1. The predicted molar refractivity (Wildman–Crippen MR) is 119 cm³/mol. The molecule has 29 heavy (non-hydrogen) atoms. The second kappa shape index (κ2) is 9.11. The number of hydrogen-bond acceptors (Lipinski definition) is 5. The van der Waals surface area contributed by atoms with Crippen molar-refractivity contribution in [3.63, 3.8) is 0 Å². The number of aliphatic imine (C=N–C) groups is 1. The fraction of sp³-hybridized carbons (Fsp3) is 0.217. The molecule has 1 N–H and O–H groups in total. The summed E-state index contributed by atoms with van der Waals surface area (Å²) < 4.78 is 5.19. The number of benzene rings is 2. The second-order valence-corrected chi connectivity index (χ2v) is 7.83. The number of carbonyl (C=O) groups excluding carboxylic acids is 1. The molecule has 0 spiro atoms. The molecule has 0 atom stereocenters. The third kappa shape index (κ3) is 4.78. The molecule has 1 aliphatic heterocycles. The number of allylic oxidation sites excluding steroid dienone is 1. The lowest BCUT2D eigenvalue weighted by Gasteiger charge is -2.10. The number of aromatic hydroxyl groups is 1. The zero-order valence-corrected chi connectivity index (χ0v) is 17.6. The number of amides is 1. The predicted octanol–water partition coefficient (Wildman–Crippen LogP) is 4.81. The lowest BCUT2D eigenvalue weighted by Crippen LogP contribution is -2.23. The van der Waals surface area contributed by atoms with E-state index in [1.165, 1.54) is 11.8 Å². The fourth-order valence-corrected chi connectivity index (χ4v) is 3.97. The van der Waals surface area contributed by atoms with E-state index < -0.39 is 0 Å². The molecule has 0 bridgehead atoms. The van der Waals surface area contributed by atoms with Crippen LogP contribution in [-0.4, -0.2) is 35.2 Å². The Hall–Kier alpha value is -2.83. The highest BCUT2D eigenvalue weighted by Gasteiger charge is 2.30. The van der Waals surface area contributed by atoms with E-state index in [-0.39, 0.29) is 18.3 Å². The molecule has 1 aliphatic rings. The average molecular weight is 409 g/mol. The molecule has 6 heteroatoms. The highest BCUT2D eigenvalue weighted by atomic mass is 32.2. The minimum absolute atomic E-state index is 0.104. The number of phenols is 1. The van der Waals surface area contributed by atoms with Gasteiger partial charge in [0.1, 0.15) is 5.75 Å². The maximum Gasteiger partial charge on any atom is 0.266 e. The van der Waals surface area contributed by atoms with Crippen LogP contribution in [0.2, 0.25) is 0 Å². The molecule has 1 saturated heterocycles. The molecule has 1 fully saturated rings. The number of nitrogens with zero attached hydrogens (tertiary/aromatic N) is 2. The largest absolute Gasteiger partial charge is 0.507 e. The number of methoxy groups -OCH3 is 1. The monoisotopic (exact) mass is 408 g/mol. The van der Waals surface area contributed by atoms with Gasteiger partial charge in [-0.1, -0.05) is 23.8 Å². The molecule has 3 rings (SSSR count). The van der Waals surface area contributed by atoms with Gasteiger partial charge < -0.3 is 9.84 Å². The van der Waals surface area contributed by atoms with Crippen LogP contribution in [0.1, 0.15) is 22.3 Å². The first-order chi connectivity index (χ1) is 13.9. The van der Waals surface area contributed by atoms with Gasteiger partial charge in [0.05, 0.1) is 17.2 Å². The highest BCUT2D eigenvalue weighted by Crippen LogP contribution is 2.34. The molecule has 0 aromatic heterocycles. The summed E-state index contributed by atoms with van der Waals surface area (Å²) in [5.41, 5.74) is 4.22. The highest BCUT2D eigenvalue weighted by molar-refractivity contribution is 8.18. The van der Waals surface area contributed by atoms with Crippen LogP contribution < -0.4 is 0 Å². The number of aryl methyl sites for hydroxylation is 1. The number of amidine groups is 1. The van der Waals surface area contributed by atoms with Gasteiger partial charge in [0.25, 0.3) is 5.91 Å². The van der Waals surface area contributed by atoms with E-state index in [1.54, 1.807) is 25.1 Å². The van der Waals surface area contributed by atoms with E-state index in [2.05, 4.69) is 11.6 Å². The first-order valence-electron chi connectivity index (χ1n) is 9.20. The normalized spacial score (nSPS) is 16.8. The van der Waals surface area contributed by atoms with Crippen molar-refractivity contribution in [2.75, 3.05) is 14.2 Å². The SMILES string of the molecule is C=CCc1cc(/C=C2/S/C(=N/c3ccc(C)cc3)N(C)C2=O)cc(COC)c1O. The Labute approximate surface area is 175 Å². The standard InChI is InChI=1S/C23H24N2O3S/c1-5-6-17-11-16(12-18(14-28-4)21(17)26)13-20-22(27)25(3)23(29-20)24-19-9-7-15(2)8-10-19/h5,7-13,26H,1,6,14H2,2-4H3/b20-13+,24-23+. The van der Waals surface area contributed by atoms with Gasteiger partial charge in [0.15, 0.2) is 5.17 Å². The van der Waals surface area contributed by atoms with Crippen LogP contribution in [0, 0.1) is 6.92 Å². The van der Waals surface area contributed by atoms with Gasteiger partial charge in [0, 0.05) is 19.7 Å². The van der Waals surface area contributed by atoms with Crippen molar-refractivity contribution in [2.45, 2.75) is 20.0 Å². The number of thioether (sulfide) groups is 1. The molecule has 0 radical (unpaired) electrons. The van der Waals surface area contributed by atoms with Crippen LogP contribution in [0.4, 0.5) is 5.69 Å². The van der Waals surface area contributed by atoms with E-state index in [1.807, 2.05) is 49.4 Å². The maximum atomic E-state index is 12.7. The van der Waals surface area contributed by atoms with Gasteiger partial charge >= 0.3 is 0 Å². The van der Waals surface area contributed by atoms with E-state index >= 15 is 0 Å². The van der Waals surface area contributed by atoms with Gasteiger partial charge in [0.2, 0.25) is 0 Å². The van der Waals surface area contributed by atoms with Crippen molar-refractivity contribution in [2.24, 2.45) is 4.99 Å². The number of hydrogen-bond donors (Lipinski definition) is 1. The molecule has 1 heterocycles. The Kier molecular flexibility index (Phi) is 6.56. The Morgan fingerprint density at radius 2 is 1.93 bits per heavy atom. The first-order valence-corrected chi connectivity index (χ1v) is 10.0. The quantitative estimate of drug-likeness (QED) is 0.550. The number of carbonyl (C=O) groups is 1. The molecule has 2 aromatic rings. The Bertz CT molecular complexity index is 994. The van der Waals surface area contributed by atoms with Gasteiger partial charge in [-0.3, -0.25) is 9.69 Å². The fourth-order valence-electron chi connectivity index (χ4n) is 2.98. The van der Waals surface area contributed by atoms with Gasteiger partial charge in [-0.05, 0) is 66.6 Å². The summed E-state index contributed by atoms with van der Waals surface area (Å²) in [6.45, 7) is 6.05. The third-order valence-electron chi connectivity index (χ3n) is 4.51. The zero-order valence-electron chi connectivity index (χ0n) is 16.8. The summed E-state index contributed by atoms with van der Waals surface area (Å²) in [5.74, 6) is 0.102. The summed E-state index contributed by atoms with van der Waals surface area (Å²) in [7, 11) is 3.30. The van der Waals surface area contributed by atoms with Gasteiger partial charge in [-0.15, -0.1) is 6.58 Å². The van der Waals surface area contributed by atoms with Crippen molar-refractivity contribution >= 4 is 34.6 Å². The number of likely N-dealkylation sites (N-methyl/N-ethyl adjacent to an activating group) is 1. The first kappa shape index (κ1) is 20.9. The molecule has 2 aromatic carbocycles. The van der Waals surface area contributed by atoms with E-state index in [0.717, 1.165) is 22.4 Å². The molecule has 150 valence electrons. The van der Waals surface area contributed by atoms with Crippen molar-refractivity contribution in [1.82, 2.24) is 4.90 Å². The molecule has 1 amide bonds. The Balaban J connectivity index is 1.94. The van der Waals surface area contributed by atoms with E-state index in [0.29, 0.717) is 22.1 Å². The minimum atomic E-state index is -0.104. The Morgan fingerprint density at radius 1 is 1.24 bits per heavy atom. The van der Waals surface area contributed by atoms with Crippen LogP contribution in [-0.2, 0) is 22.6 Å². The van der Waals surface area contributed by atoms with Crippen molar-refractivity contribution in [3.05, 3.63) is 76.2 Å². The molecular weight excluding hydrogens is 384 g/mol. The summed E-state index contributed by atoms with van der Waals surface area (Å²) in [6.07, 6.45) is 4.09. The van der Waals surface area contributed by atoms with Gasteiger partial charge in [-0.2, -0.15) is 0 Å². The smallest absolute Gasteiger partial charge is 0.266 e. The summed E-state index contributed by atoms with van der Waals surface area (Å²) in [5, 5.41) is 11.0. The molecule has 5 nitrogen and oxygen atoms in total. The topological polar surface area (TPSA) is 62.1 Å². The molecule has 0 unspecified atom stereocenters. The van der Waals surface area contributed by atoms with Crippen LogP contribution in [0.25, 0.3) is 6.08 Å². The molecule has 0 aliphatic carbocycles. The summed E-state index contributed by atoms with van der Waals surface area (Å²) in [4.78, 5) is 19.5. The van der Waals surface area contributed by atoms with E-state index in [4.69, 9.17) is 4.74 Å². The van der Waals surface area contributed by atoms with Crippen molar-refractivity contribution in [1.29, 1.82) is 0 Å². The molecular formula is C23H24N2O3S. The third-order valence-corrected chi connectivity index (χ3v) is 5.57. The zero-order chi connectivity index (χ0) is 21.0. The lowest BCUT2D eigenvalue weighted by atomic mass is 10.0. The van der Waals surface area contributed by atoms with Crippen molar-refractivity contribution < 1.29 is 14.6 Å². The molecule has 0 saturated carbocycles. The van der Waals surface area contributed by atoms with Crippen LogP contribution in [0.3, 0.4) is 0 Å². The van der Waals surface area contributed by atoms with Crippen LogP contribution in [0.15, 0.2) is 59.0 Å². The lowest BCUT2D eigenvalue weighted by molar-refractivity contribution is -0.121.